The highest BCUT2D eigenvalue weighted by Gasteiger charge is 2.27. The fourth-order valence-electron chi connectivity index (χ4n) is 2.82. The maximum atomic E-state index is 12.6. The Morgan fingerprint density at radius 3 is 2.64 bits per heavy atom. The second kappa shape index (κ2) is 8.99. The molecule has 0 spiro atoms. The number of H-pyrrole nitrogens is 1. The lowest BCUT2D eigenvalue weighted by Gasteiger charge is -2.24. The van der Waals surface area contributed by atoms with E-state index in [9.17, 15) is 18.3 Å². The molecule has 1 aromatic carbocycles. The lowest BCUT2D eigenvalue weighted by atomic mass is 10.1. The Morgan fingerprint density at radius 1 is 1.32 bits per heavy atom. The second-order valence-electron chi connectivity index (χ2n) is 6.26. The highest BCUT2D eigenvalue weighted by atomic mass is 32.2. The molecule has 0 bridgehead atoms. The van der Waals surface area contributed by atoms with Gasteiger partial charge in [-0.3, -0.25) is 4.79 Å². The summed E-state index contributed by atoms with van der Waals surface area (Å²) in [7, 11) is -2.05. The van der Waals surface area contributed by atoms with Gasteiger partial charge in [0.25, 0.3) is 5.91 Å². The highest BCUT2D eigenvalue weighted by Crippen LogP contribution is 2.21. The molecule has 0 aliphatic carbocycles. The molecule has 1 atom stereocenters. The molecule has 1 amide bonds. The third-order valence-corrected chi connectivity index (χ3v) is 7.28. The Kier molecular flexibility index (Phi) is 6.65. The van der Waals surface area contributed by atoms with Gasteiger partial charge in [-0.1, -0.05) is 12.1 Å². The SMILES string of the molecule is COc1ccc(C(O)CNC(=O)c2cc(S(=O)(=O)N3CCSCC3)c[nH]2)cc1. The van der Waals surface area contributed by atoms with Crippen molar-refractivity contribution in [2.24, 2.45) is 0 Å². The molecule has 152 valence electrons. The van der Waals surface area contributed by atoms with Crippen molar-refractivity contribution < 1.29 is 23.1 Å². The maximum absolute atomic E-state index is 12.6. The molecule has 2 aromatic rings. The molecule has 8 nitrogen and oxygen atoms in total. The predicted octanol–water partition coefficient (Wildman–Crippen LogP) is 1.22. The quantitative estimate of drug-likeness (QED) is 0.615. The maximum Gasteiger partial charge on any atom is 0.267 e. The van der Waals surface area contributed by atoms with Crippen molar-refractivity contribution in [1.82, 2.24) is 14.6 Å². The van der Waals surface area contributed by atoms with Gasteiger partial charge in [0, 0.05) is 37.3 Å². The van der Waals surface area contributed by atoms with E-state index in [1.807, 2.05) is 0 Å². The van der Waals surface area contributed by atoms with Crippen LogP contribution in [-0.2, 0) is 10.0 Å². The molecular weight excluding hydrogens is 402 g/mol. The van der Waals surface area contributed by atoms with Crippen molar-refractivity contribution in [2.45, 2.75) is 11.0 Å². The smallest absolute Gasteiger partial charge is 0.267 e. The number of hydrogen-bond acceptors (Lipinski definition) is 6. The van der Waals surface area contributed by atoms with Crippen LogP contribution in [-0.4, -0.2) is 67.0 Å². The standard InChI is InChI=1S/C18H23N3O5S2/c1-26-14-4-2-13(3-5-14)17(22)12-20-18(23)16-10-15(11-19-16)28(24,25)21-6-8-27-9-7-21/h2-5,10-11,17,19,22H,6-9,12H2,1H3,(H,20,23). The fraction of sp³-hybridized carbons (Fsp3) is 0.389. The number of carbonyl (C=O) groups excluding carboxylic acids is 1. The number of aromatic nitrogens is 1. The molecule has 28 heavy (non-hydrogen) atoms. The first-order chi connectivity index (χ1) is 13.4. The number of nitrogens with one attached hydrogen (secondary N) is 2. The normalized spacial score (nSPS) is 16.5. The number of methoxy groups -OCH3 is 1. The zero-order valence-electron chi connectivity index (χ0n) is 15.4. The molecule has 1 unspecified atom stereocenters. The first kappa shape index (κ1) is 20.7. The van der Waals surface area contributed by atoms with Crippen molar-refractivity contribution >= 4 is 27.7 Å². The molecular formula is C18H23N3O5S2. The predicted molar refractivity (Wildman–Crippen MR) is 107 cm³/mol. The van der Waals surface area contributed by atoms with E-state index in [2.05, 4.69) is 10.3 Å². The number of thioether (sulfide) groups is 1. The van der Waals surface area contributed by atoms with Gasteiger partial charge >= 0.3 is 0 Å². The van der Waals surface area contributed by atoms with E-state index in [4.69, 9.17) is 4.74 Å². The minimum Gasteiger partial charge on any atom is -0.497 e. The number of ether oxygens (including phenoxy) is 1. The number of rotatable bonds is 7. The third kappa shape index (κ3) is 4.69. The van der Waals surface area contributed by atoms with E-state index < -0.39 is 22.0 Å². The molecule has 3 rings (SSSR count). The number of sulfonamides is 1. The number of carbonyl (C=O) groups is 1. The summed E-state index contributed by atoms with van der Waals surface area (Å²) in [4.78, 5) is 15.1. The number of aromatic amines is 1. The average molecular weight is 426 g/mol. The molecule has 1 aliphatic rings. The average Bonchev–Trinajstić information content (AvgIpc) is 3.24. The molecule has 2 heterocycles. The van der Waals surface area contributed by atoms with Crippen molar-refractivity contribution in [3.8, 4) is 5.75 Å². The number of nitrogens with zero attached hydrogens (tertiary/aromatic N) is 1. The van der Waals surface area contributed by atoms with Crippen LogP contribution in [0.15, 0.2) is 41.4 Å². The molecule has 1 aliphatic heterocycles. The van der Waals surface area contributed by atoms with Gasteiger partial charge in [0.15, 0.2) is 0 Å². The summed E-state index contributed by atoms with van der Waals surface area (Å²) in [6.45, 7) is 0.928. The van der Waals surface area contributed by atoms with Crippen LogP contribution in [0.25, 0.3) is 0 Å². The summed E-state index contributed by atoms with van der Waals surface area (Å²) in [5.74, 6) is 1.72. The number of hydrogen-bond donors (Lipinski definition) is 3. The first-order valence-electron chi connectivity index (χ1n) is 8.78. The third-order valence-electron chi connectivity index (χ3n) is 4.47. The van der Waals surface area contributed by atoms with Crippen LogP contribution in [0.4, 0.5) is 0 Å². The largest absolute Gasteiger partial charge is 0.497 e. The van der Waals surface area contributed by atoms with Crippen LogP contribution >= 0.6 is 11.8 Å². The summed E-state index contributed by atoms with van der Waals surface area (Å²) >= 11 is 1.72. The van der Waals surface area contributed by atoms with E-state index in [0.717, 1.165) is 11.5 Å². The van der Waals surface area contributed by atoms with Gasteiger partial charge in [-0.05, 0) is 23.8 Å². The van der Waals surface area contributed by atoms with Gasteiger partial charge in [0.2, 0.25) is 10.0 Å². The van der Waals surface area contributed by atoms with Crippen molar-refractivity contribution in [1.29, 1.82) is 0 Å². The fourth-order valence-corrected chi connectivity index (χ4v) is 5.39. The van der Waals surface area contributed by atoms with Gasteiger partial charge < -0.3 is 20.1 Å². The van der Waals surface area contributed by atoms with E-state index in [1.165, 1.54) is 16.6 Å². The van der Waals surface area contributed by atoms with Crippen LogP contribution in [0.3, 0.4) is 0 Å². The van der Waals surface area contributed by atoms with E-state index in [0.29, 0.717) is 24.4 Å². The van der Waals surface area contributed by atoms with E-state index >= 15 is 0 Å². The number of benzene rings is 1. The summed E-state index contributed by atoms with van der Waals surface area (Å²) in [6, 6.07) is 8.20. The molecule has 0 radical (unpaired) electrons. The minimum absolute atomic E-state index is 0.00435. The number of amides is 1. The van der Waals surface area contributed by atoms with Gasteiger partial charge in [-0.15, -0.1) is 0 Å². The van der Waals surface area contributed by atoms with Crippen LogP contribution in [0, 0.1) is 0 Å². The Morgan fingerprint density at radius 2 is 2.00 bits per heavy atom. The van der Waals surface area contributed by atoms with Gasteiger partial charge in [-0.2, -0.15) is 16.1 Å². The van der Waals surface area contributed by atoms with Crippen molar-refractivity contribution in [3.63, 3.8) is 0 Å². The lowest BCUT2D eigenvalue weighted by molar-refractivity contribution is 0.0912. The van der Waals surface area contributed by atoms with E-state index in [1.54, 1.807) is 43.1 Å². The molecule has 1 fully saturated rings. The summed E-state index contributed by atoms with van der Waals surface area (Å²) in [6.07, 6.45) is 0.435. The summed E-state index contributed by atoms with van der Waals surface area (Å²) in [5.41, 5.74) is 0.769. The minimum atomic E-state index is -3.61. The van der Waals surface area contributed by atoms with E-state index in [-0.39, 0.29) is 17.1 Å². The molecule has 0 saturated carbocycles. The molecule has 1 aromatic heterocycles. The zero-order valence-corrected chi connectivity index (χ0v) is 17.1. The van der Waals surface area contributed by atoms with Crippen LogP contribution in [0.1, 0.15) is 22.2 Å². The van der Waals surface area contributed by atoms with Crippen molar-refractivity contribution in [2.75, 3.05) is 38.2 Å². The Hall–Kier alpha value is -2.01. The second-order valence-corrected chi connectivity index (χ2v) is 9.43. The Bertz CT molecular complexity index is 906. The van der Waals surface area contributed by atoms with Crippen LogP contribution in [0.2, 0.25) is 0 Å². The van der Waals surface area contributed by atoms with Gasteiger partial charge in [0.1, 0.15) is 16.3 Å². The van der Waals surface area contributed by atoms with Gasteiger partial charge in [0.05, 0.1) is 13.2 Å². The Labute approximate surface area is 168 Å². The van der Waals surface area contributed by atoms with Crippen LogP contribution < -0.4 is 10.1 Å². The molecule has 3 N–H and O–H groups in total. The Balaban J connectivity index is 1.60. The summed E-state index contributed by atoms with van der Waals surface area (Å²) < 4.78 is 31.8. The lowest BCUT2D eigenvalue weighted by Crippen LogP contribution is -2.37. The summed E-state index contributed by atoms with van der Waals surface area (Å²) in [5, 5.41) is 12.8. The zero-order chi connectivity index (χ0) is 20.1. The number of aliphatic hydroxyl groups excluding tert-OH is 1. The van der Waals surface area contributed by atoms with Crippen LogP contribution in [0.5, 0.6) is 5.75 Å². The molecule has 10 heteroatoms. The van der Waals surface area contributed by atoms with Gasteiger partial charge in [-0.25, -0.2) is 8.42 Å². The first-order valence-corrected chi connectivity index (χ1v) is 11.4. The monoisotopic (exact) mass is 425 g/mol. The number of aliphatic hydroxyl groups is 1. The highest BCUT2D eigenvalue weighted by molar-refractivity contribution is 7.99. The topological polar surface area (TPSA) is 112 Å². The van der Waals surface area contributed by atoms with Crippen molar-refractivity contribution in [3.05, 3.63) is 47.8 Å². The molecule has 1 saturated heterocycles.